The van der Waals surface area contributed by atoms with Crippen molar-refractivity contribution in [3.8, 4) is 0 Å². The zero-order valence-electron chi connectivity index (χ0n) is 11.4. The van der Waals surface area contributed by atoms with Crippen LogP contribution in [0.3, 0.4) is 0 Å². The second kappa shape index (κ2) is 7.19. The first-order valence-electron chi connectivity index (χ1n) is 6.66. The highest BCUT2D eigenvalue weighted by Gasteiger charge is 2.13. The highest BCUT2D eigenvalue weighted by molar-refractivity contribution is 5.92. The first-order valence-corrected chi connectivity index (χ1v) is 6.66. The minimum atomic E-state index is -0.0571. The Morgan fingerprint density at radius 1 is 1.00 bits per heavy atom. The Labute approximate surface area is 118 Å². The van der Waals surface area contributed by atoms with Gasteiger partial charge in [0.2, 0.25) is 5.91 Å². The van der Waals surface area contributed by atoms with Crippen molar-refractivity contribution in [2.45, 2.75) is 19.8 Å². The summed E-state index contributed by atoms with van der Waals surface area (Å²) in [6.07, 6.45) is 1.23. The molecule has 2 aromatic rings. The number of nitrogens with zero attached hydrogens (tertiary/aromatic N) is 3. The minimum absolute atomic E-state index is 0.0571. The van der Waals surface area contributed by atoms with Crippen LogP contribution < -0.4 is 5.01 Å². The predicted molar refractivity (Wildman–Crippen MR) is 79.8 cm³/mol. The summed E-state index contributed by atoms with van der Waals surface area (Å²) in [5.74, 6) is -0.0571. The van der Waals surface area contributed by atoms with E-state index >= 15 is 0 Å². The molecule has 4 heteroatoms. The highest BCUT2D eigenvalue weighted by atomic mass is 16.2. The van der Waals surface area contributed by atoms with Gasteiger partial charge in [0, 0.05) is 6.42 Å². The smallest absolute Gasteiger partial charge is 0.248 e. The summed E-state index contributed by atoms with van der Waals surface area (Å²) in [7, 11) is 0. The Balaban J connectivity index is 2.23. The number of anilines is 1. The summed E-state index contributed by atoms with van der Waals surface area (Å²) >= 11 is 0. The van der Waals surface area contributed by atoms with Crippen LogP contribution in [0.15, 0.2) is 71.0 Å². The van der Waals surface area contributed by atoms with Crippen LogP contribution in [-0.2, 0) is 4.79 Å². The van der Waals surface area contributed by atoms with E-state index in [0.717, 1.165) is 17.8 Å². The molecule has 2 aromatic carbocycles. The van der Waals surface area contributed by atoms with Gasteiger partial charge in [-0.15, -0.1) is 5.11 Å². The summed E-state index contributed by atoms with van der Waals surface area (Å²) in [5, 5.41) is 9.57. The molecule has 0 N–H and O–H groups in total. The number of carbonyl (C=O) groups is 1. The van der Waals surface area contributed by atoms with Crippen LogP contribution in [-0.4, -0.2) is 5.91 Å². The van der Waals surface area contributed by atoms with Crippen LogP contribution in [0.4, 0.5) is 11.4 Å². The summed E-state index contributed by atoms with van der Waals surface area (Å²) in [6.45, 7) is 1.97. The van der Waals surface area contributed by atoms with Crippen LogP contribution in [0, 0.1) is 0 Å². The monoisotopic (exact) mass is 267 g/mol. The number of para-hydroxylation sites is 1. The van der Waals surface area contributed by atoms with Gasteiger partial charge in [-0.25, -0.2) is 0 Å². The van der Waals surface area contributed by atoms with Gasteiger partial charge in [-0.05, 0) is 30.7 Å². The van der Waals surface area contributed by atoms with Gasteiger partial charge >= 0.3 is 0 Å². The molecule has 0 spiro atoms. The number of amides is 1. The fraction of sp³-hybridized carbons (Fsp3) is 0.188. The third kappa shape index (κ3) is 3.75. The van der Waals surface area contributed by atoms with Crippen molar-refractivity contribution < 1.29 is 4.79 Å². The minimum Gasteiger partial charge on any atom is -0.273 e. The Bertz CT molecular complexity index is 567. The van der Waals surface area contributed by atoms with E-state index in [2.05, 4.69) is 10.3 Å². The summed E-state index contributed by atoms with van der Waals surface area (Å²) < 4.78 is 0. The number of hydrogen-bond donors (Lipinski definition) is 0. The number of benzene rings is 2. The molecule has 0 unspecified atom stereocenters. The Kier molecular flexibility index (Phi) is 5.00. The highest BCUT2D eigenvalue weighted by Crippen LogP contribution is 2.18. The van der Waals surface area contributed by atoms with E-state index in [1.54, 1.807) is 0 Å². The molecule has 0 saturated carbocycles. The Morgan fingerprint density at radius 2 is 1.60 bits per heavy atom. The Hall–Kier alpha value is -2.49. The molecule has 20 heavy (non-hydrogen) atoms. The van der Waals surface area contributed by atoms with Crippen molar-refractivity contribution in [2.75, 3.05) is 5.01 Å². The van der Waals surface area contributed by atoms with Crippen molar-refractivity contribution in [3.05, 3.63) is 60.7 Å². The number of rotatable bonds is 5. The lowest BCUT2D eigenvalue weighted by Gasteiger charge is -2.15. The molecular weight excluding hydrogens is 250 g/mol. The van der Waals surface area contributed by atoms with Crippen LogP contribution in [0.1, 0.15) is 19.8 Å². The molecule has 0 bridgehead atoms. The average Bonchev–Trinajstić information content (AvgIpc) is 2.50. The van der Waals surface area contributed by atoms with Crippen LogP contribution in [0.5, 0.6) is 0 Å². The standard InChI is InChI=1S/C16H17N3O/c1-2-9-16(20)19(15-12-7-4-8-13-15)18-17-14-10-5-3-6-11-14/h3-8,10-13H,2,9H2,1H3. The maximum Gasteiger partial charge on any atom is 0.248 e. The van der Waals surface area contributed by atoms with Gasteiger partial charge in [0.05, 0.1) is 11.4 Å². The average molecular weight is 267 g/mol. The molecule has 0 aromatic heterocycles. The van der Waals surface area contributed by atoms with Gasteiger partial charge < -0.3 is 0 Å². The molecule has 0 radical (unpaired) electrons. The van der Waals surface area contributed by atoms with E-state index in [-0.39, 0.29) is 5.91 Å². The van der Waals surface area contributed by atoms with E-state index in [0.29, 0.717) is 6.42 Å². The van der Waals surface area contributed by atoms with Crippen molar-refractivity contribution >= 4 is 17.3 Å². The van der Waals surface area contributed by atoms with E-state index in [1.165, 1.54) is 5.01 Å². The molecule has 4 nitrogen and oxygen atoms in total. The molecule has 1 amide bonds. The zero-order valence-corrected chi connectivity index (χ0v) is 11.4. The SMILES string of the molecule is CCCC(=O)N(N=Nc1ccccc1)c1ccccc1. The molecule has 0 heterocycles. The van der Waals surface area contributed by atoms with E-state index in [1.807, 2.05) is 67.6 Å². The molecule has 102 valence electrons. The third-order valence-corrected chi connectivity index (χ3v) is 2.71. The van der Waals surface area contributed by atoms with Crippen molar-refractivity contribution in [2.24, 2.45) is 10.3 Å². The van der Waals surface area contributed by atoms with E-state index in [9.17, 15) is 4.79 Å². The first kappa shape index (κ1) is 13.9. The van der Waals surface area contributed by atoms with Crippen LogP contribution in [0.2, 0.25) is 0 Å². The van der Waals surface area contributed by atoms with E-state index < -0.39 is 0 Å². The summed E-state index contributed by atoms with van der Waals surface area (Å²) in [4.78, 5) is 12.1. The van der Waals surface area contributed by atoms with Gasteiger partial charge in [0.25, 0.3) is 0 Å². The van der Waals surface area contributed by atoms with Crippen LogP contribution >= 0.6 is 0 Å². The molecule has 0 fully saturated rings. The quantitative estimate of drug-likeness (QED) is 0.580. The fourth-order valence-electron chi connectivity index (χ4n) is 1.73. The van der Waals surface area contributed by atoms with Crippen molar-refractivity contribution in [1.82, 2.24) is 0 Å². The lowest BCUT2D eigenvalue weighted by molar-refractivity contribution is -0.118. The maximum atomic E-state index is 12.1. The van der Waals surface area contributed by atoms with Gasteiger partial charge in [0.1, 0.15) is 0 Å². The van der Waals surface area contributed by atoms with Crippen LogP contribution in [0.25, 0.3) is 0 Å². The number of carbonyl (C=O) groups excluding carboxylic acids is 1. The maximum absolute atomic E-state index is 12.1. The molecule has 0 aliphatic heterocycles. The first-order chi connectivity index (χ1) is 9.81. The fourth-order valence-corrected chi connectivity index (χ4v) is 1.73. The molecule has 0 atom stereocenters. The summed E-state index contributed by atoms with van der Waals surface area (Å²) in [6, 6.07) is 18.7. The summed E-state index contributed by atoms with van der Waals surface area (Å²) in [5.41, 5.74) is 1.45. The molecule has 2 rings (SSSR count). The largest absolute Gasteiger partial charge is 0.273 e. The Morgan fingerprint density at radius 3 is 2.20 bits per heavy atom. The van der Waals surface area contributed by atoms with Crippen molar-refractivity contribution in [3.63, 3.8) is 0 Å². The van der Waals surface area contributed by atoms with Gasteiger partial charge in [-0.1, -0.05) is 48.5 Å². The lowest BCUT2D eigenvalue weighted by Crippen LogP contribution is -2.24. The second-order valence-corrected chi connectivity index (χ2v) is 4.32. The topological polar surface area (TPSA) is 45.0 Å². The zero-order chi connectivity index (χ0) is 14.2. The van der Waals surface area contributed by atoms with Gasteiger partial charge in [-0.2, -0.15) is 5.01 Å². The second-order valence-electron chi connectivity index (χ2n) is 4.32. The molecule has 0 saturated heterocycles. The van der Waals surface area contributed by atoms with Gasteiger partial charge in [-0.3, -0.25) is 4.79 Å². The van der Waals surface area contributed by atoms with Gasteiger partial charge in [0.15, 0.2) is 0 Å². The number of hydrogen-bond acceptors (Lipinski definition) is 3. The predicted octanol–water partition coefficient (Wildman–Crippen LogP) is 4.52. The van der Waals surface area contributed by atoms with Crippen molar-refractivity contribution in [1.29, 1.82) is 0 Å². The molecular formula is C16H17N3O. The molecule has 0 aliphatic carbocycles. The third-order valence-electron chi connectivity index (χ3n) is 2.71. The normalized spacial score (nSPS) is 10.7. The lowest BCUT2D eigenvalue weighted by atomic mass is 10.2. The van der Waals surface area contributed by atoms with E-state index in [4.69, 9.17) is 0 Å². The molecule has 0 aliphatic rings.